The van der Waals surface area contributed by atoms with E-state index in [1.165, 1.54) is 0 Å². The van der Waals surface area contributed by atoms with E-state index in [-0.39, 0.29) is 12.4 Å². The Balaban J connectivity index is 0.00000121. The lowest BCUT2D eigenvalue weighted by molar-refractivity contribution is -0.138. The molecule has 0 aliphatic heterocycles. The van der Waals surface area contributed by atoms with Crippen molar-refractivity contribution in [2.75, 3.05) is 0 Å². The Morgan fingerprint density at radius 3 is 2.25 bits per heavy atom. The van der Waals surface area contributed by atoms with Crippen molar-refractivity contribution >= 4 is 18.4 Å². The predicted octanol–water partition coefficient (Wildman–Crippen LogP) is 1.40. The van der Waals surface area contributed by atoms with Gasteiger partial charge in [0.1, 0.15) is 0 Å². The highest BCUT2D eigenvalue weighted by molar-refractivity contribution is 5.85. The van der Waals surface area contributed by atoms with Gasteiger partial charge >= 0.3 is 5.97 Å². The van der Waals surface area contributed by atoms with Crippen molar-refractivity contribution in [3.05, 3.63) is 0 Å². The average Bonchev–Trinajstić information content (AvgIpc) is 1.93. The zero-order valence-electron chi connectivity index (χ0n) is 7.03. The molecule has 0 radical (unpaired) electrons. The number of hydrogen-bond donors (Lipinski definition) is 2. The smallest absolute Gasteiger partial charge is 0.303 e. The van der Waals surface area contributed by atoms with Gasteiger partial charge in [-0.15, -0.1) is 12.4 Å². The zero-order chi connectivity index (χ0) is 8.27. The van der Waals surface area contributed by atoms with Gasteiger partial charge in [-0.05, 0) is 31.6 Å². The normalized spacial score (nSPS) is 29.1. The lowest BCUT2D eigenvalue weighted by Crippen LogP contribution is -2.27. The summed E-state index contributed by atoms with van der Waals surface area (Å²) in [5.74, 6) is -0.294. The highest BCUT2D eigenvalue weighted by Crippen LogP contribution is 2.25. The van der Waals surface area contributed by atoms with Crippen molar-refractivity contribution in [2.45, 2.75) is 38.1 Å². The molecular formula is C8H16ClNO2. The van der Waals surface area contributed by atoms with Crippen molar-refractivity contribution in [2.24, 2.45) is 11.7 Å². The Hall–Kier alpha value is -0.280. The Morgan fingerprint density at radius 1 is 1.33 bits per heavy atom. The maximum Gasteiger partial charge on any atom is 0.303 e. The molecular weight excluding hydrogens is 178 g/mol. The minimum atomic E-state index is -0.675. The first kappa shape index (κ1) is 11.7. The monoisotopic (exact) mass is 193 g/mol. The minimum absolute atomic E-state index is 0. The summed E-state index contributed by atoms with van der Waals surface area (Å²) in [5.41, 5.74) is 5.68. The summed E-state index contributed by atoms with van der Waals surface area (Å²) in [5, 5.41) is 8.50. The quantitative estimate of drug-likeness (QED) is 0.697. The molecule has 0 aromatic rings. The van der Waals surface area contributed by atoms with Gasteiger partial charge in [0.15, 0.2) is 0 Å². The van der Waals surface area contributed by atoms with Crippen LogP contribution in [0.15, 0.2) is 0 Å². The number of aliphatic carboxylic acids is 1. The van der Waals surface area contributed by atoms with Crippen LogP contribution < -0.4 is 5.73 Å². The average molecular weight is 194 g/mol. The zero-order valence-corrected chi connectivity index (χ0v) is 7.85. The van der Waals surface area contributed by atoms with Gasteiger partial charge in [0, 0.05) is 12.5 Å². The number of hydrogen-bond acceptors (Lipinski definition) is 2. The minimum Gasteiger partial charge on any atom is -0.481 e. The van der Waals surface area contributed by atoms with Crippen LogP contribution in [0, 0.1) is 5.92 Å². The van der Waals surface area contributed by atoms with Crippen LogP contribution in [0.25, 0.3) is 0 Å². The summed E-state index contributed by atoms with van der Waals surface area (Å²) in [6, 6.07) is 0.319. The molecule has 3 nitrogen and oxygen atoms in total. The first-order valence-electron chi connectivity index (χ1n) is 4.16. The van der Waals surface area contributed by atoms with Crippen LogP contribution >= 0.6 is 12.4 Å². The fourth-order valence-corrected chi connectivity index (χ4v) is 1.64. The maximum absolute atomic E-state index is 10.3. The molecule has 1 fully saturated rings. The standard InChI is InChI=1S/C8H15NO2.ClH/c9-7-3-1-6(2-4-7)5-8(10)11;/h6-7H,1-5,9H2,(H,10,11);1H/t6-,7+;. The lowest BCUT2D eigenvalue weighted by atomic mass is 9.84. The molecule has 0 unspecified atom stereocenters. The van der Waals surface area contributed by atoms with Crippen LogP contribution in [0.4, 0.5) is 0 Å². The Labute approximate surface area is 78.7 Å². The first-order valence-corrected chi connectivity index (χ1v) is 4.16. The molecule has 72 valence electrons. The van der Waals surface area contributed by atoms with Crippen molar-refractivity contribution in [1.29, 1.82) is 0 Å². The summed E-state index contributed by atoms with van der Waals surface area (Å²) in [4.78, 5) is 10.3. The van der Waals surface area contributed by atoms with Crippen LogP contribution in [0.5, 0.6) is 0 Å². The van der Waals surface area contributed by atoms with E-state index < -0.39 is 5.97 Å². The van der Waals surface area contributed by atoms with Crippen LogP contribution in [0.2, 0.25) is 0 Å². The van der Waals surface area contributed by atoms with Gasteiger partial charge in [-0.2, -0.15) is 0 Å². The molecule has 0 heterocycles. The molecule has 0 spiro atoms. The van der Waals surface area contributed by atoms with E-state index in [9.17, 15) is 4.79 Å². The van der Waals surface area contributed by atoms with Gasteiger partial charge in [0.2, 0.25) is 0 Å². The summed E-state index contributed by atoms with van der Waals surface area (Å²) >= 11 is 0. The third kappa shape index (κ3) is 3.93. The molecule has 12 heavy (non-hydrogen) atoms. The number of carboxylic acids is 1. The maximum atomic E-state index is 10.3. The molecule has 1 rings (SSSR count). The fourth-order valence-electron chi connectivity index (χ4n) is 1.64. The molecule has 0 amide bonds. The molecule has 0 aromatic carbocycles. The van der Waals surface area contributed by atoms with E-state index in [1.54, 1.807) is 0 Å². The van der Waals surface area contributed by atoms with E-state index in [0.717, 1.165) is 25.7 Å². The van der Waals surface area contributed by atoms with E-state index in [2.05, 4.69) is 0 Å². The SMILES string of the molecule is Cl.N[C@H]1CC[C@@H](CC(=O)O)CC1. The van der Waals surface area contributed by atoms with Crippen LogP contribution in [0.1, 0.15) is 32.1 Å². The molecule has 0 aromatic heterocycles. The second kappa shape index (κ2) is 5.38. The van der Waals surface area contributed by atoms with Gasteiger partial charge in [-0.25, -0.2) is 0 Å². The van der Waals surface area contributed by atoms with Crippen LogP contribution in [-0.4, -0.2) is 17.1 Å². The summed E-state index contributed by atoms with van der Waals surface area (Å²) in [7, 11) is 0. The largest absolute Gasteiger partial charge is 0.481 e. The molecule has 1 aliphatic rings. The lowest BCUT2D eigenvalue weighted by Gasteiger charge is -2.24. The third-order valence-electron chi connectivity index (χ3n) is 2.35. The Morgan fingerprint density at radius 2 is 1.83 bits per heavy atom. The van der Waals surface area contributed by atoms with E-state index >= 15 is 0 Å². The Bertz CT molecular complexity index is 144. The van der Waals surface area contributed by atoms with Gasteiger partial charge in [0.05, 0.1) is 0 Å². The summed E-state index contributed by atoms with van der Waals surface area (Å²) in [6.45, 7) is 0. The van der Waals surface area contributed by atoms with Gasteiger partial charge in [-0.3, -0.25) is 4.79 Å². The predicted molar refractivity (Wildman–Crippen MR) is 49.4 cm³/mol. The molecule has 3 N–H and O–H groups in total. The van der Waals surface area contributed by atoms with Crippen LogP contribution in [0.3, 0.4) is 0 Å². The highest BCUT2D eigenvalue weighted by atomic mass is 35.5. The van der Waals surface area contributed by atoms with Gasteiger partial charge in [0.25, 0.3) is 0 Å². The summed E-state index contributed by atoms with van der Waals surface area (Å²) < 4.78 is 0. The van der Waals surface area contributed by atoms with Crippen molar-refractivity contribution in [3.8, 4) is 0 Å². The van der Waals surface area contributed by atoms with E-state index in [4.69, 9.17) is 10.8 Å². The van der Waals surface area contributed by atoms with Crippen molar-refractivity contribution in [3.63, 3.8) is 0 Å². The molecule has 1 saturated carbocycles. The van der Waals surface area contributed by atoms with E-state index in [0.29, 0.717) is 18.4 Å². The molecule has 1 aliphatic carbocycles. The summed E-state index contributed by atoms with van der Waals surface area (Å²) in [6.07, 6.45) is 4.31. The molecule has 4 heteroatoms. The number of nitrogens with two attached hydrogens (primary N) is 1. The third-order valence-corrected chi connectivity index (χ3v) is 2.35. The topological polar surface area (TPSA) is 63.3 Å². The molecule has 0 saturated heterocycles. The van der Waals surface area contributed by atoms with E-state index in [1.807, 2.05) is 0 Å². The second-order valence-corrected chi connectivity index (χ2v) is 3.38. The molecule has 0 bridgehead atoms. The second-order valence-electron chi connectivity index (χ2n) is 3.38. The number of carboxylic acid groups (broad SMARTS) is 1. The van der Waals surface area contributed by atoms with Gasteiger partial charge < -0.3 is 10.8 Å². The van der Waals surface area contributed by atoms with Crippen LogP contribution in [-0.2, 0) is 4.79 Å². The van der Waals surface area contributed by atoms with Crippen molar-refractivity contribution in [1.82, 2.24) is 0 Å². The fraction of sp³-hybridized carbons (Fsp3) is 0.875. The van der Waals surface area contributed by atoms with Crippen molar-refractivity contribution < 1.29 is 9.90 Å². The Kier molecular flexibility index (Phi) is 5.25. The number of carbonyl (C=O) groups is 1. The van der Waals surface area contributed by atoms with Gasteiger partial charge in [-0.1, -0.05) is 0 Å². The molecule has 0 atom stereocenters. The highest BCUT2D eigenvalue weighted by Gasteiger charge is 2.20. The number of halogens is 1. The first-order chi connectivity index (χ1) is 5.18. The number of rotatable bonds is 2.